The van der Waals surface area contributed by atoms with Crippen LogP contribution in [0.25, 0.3) is 0 Å². The molecule has 1 aromatic rings. The topological polar surface area (TPSA) is 119 Å². The van der Waals surface area contributed by atoms with Crippen LogP contribution in [-0.2, 0) is 23.9 Å². The number of aliphatic carboxylic acids is 1. The molecular weight excluding hydrogens is 702 g/mol. The van der Waals surface area contributed by atoms with Gasteiger partial charge in [0.1, 0.15) is 12.2 Å². The van der Waals surface area contributed by atoms with Gasteiger partial charge in [0.05, 0.1) is 17.4 Å². The van der Waals surface area contributed by atoms with Crippen molar-refractivity contribution in [1.82, 2.24) is 5.32 Å². The van der Waals surface area contributed by atoms with Crippen molar-refractivity contribution in [2.75, 3.05) is 13.6 Å². The molecule has 0 heterocycles. The third kappa shape index (κ3) is 6.28. The van der Waals surface area contributed by atoms with Gasteiger partial charge in [-0.1, -0.05) is 60.1 Å². The highest BCUT2D eigenvalue weighted by atomic mass is 35.5. The van der Waals surface area contributed by atoms with Crippen molar-refractivity contribution >= 4 is 35.3 Å². The normalized spacial score (nSPS) is 36.4. The molecule has 5 aliphatic rings. The van der Waals surface area contributed by atoms with E-state index < -0.39 is 34.8 Å². The maximum Gasteiger partial charge on any atom is 0.338 e. The SMILES string of the molecule is CNC[C@@H](OC(=O)c1ccc(Cl)cc1)[C@@]12CC[C@]3(C)[C@H](CC[C@@H]4[C@@]5(C)CC[C@H](OC(=O)CC(C)(C)C(=O)O)C(C)(C)[C@@H]5CC[C@]43C)C1=C(C(C)C)C(=O)C2. The van der Waals surface area contributed by atoms with Crippen LogP contribution in [0.5, 0.6) is 0 Å². The van der Waals surface area contributed by atoms with Crippen LogP contribution in [0, 0.1) is 56.2 Å². The van der Waals surface area contributed by atoms with Gasteiger partial charge in [-0.15, -0.1) is 0 Å². The van der Waals surface area contributed by atoms with Gasteiger partial charge in [0.2, 0.25) is 0 Å². The number of esters is 2. The maximum absolute atomic E-state index is 14.3. The number of benzene rings is 1. The summed E-state index contributed by atoms with van der Waals surface area (Å²) in [4.78, 5) is 52.8. The first-order valence-corrected chi connectivity index (χ1v) is 20.8. The van der Waals surface area contributed by atoms with E-state index in [1.165, 1.54) is 5.57 Å². The smallest absolute Gasteiger partial charge is 0.338 e. The summed E-state index contributed by atoms with van der Waals surface area (Å²) < 4.78 is 12.6. The second kappa shape index (κ2) is 14.0. The van der Waals surface area contributed by atoms with Crippen molar-refractivity contribution in [3.8, 4) is 0 Å². The molecule has 54 heavy (non-hydrogen) atoms. The summed E-state index contributed by atoms with van der Waals surface area (Å²) >= 11 is 6.14. The Hall–Kier alpha value is -2.71. The zero-order valence-electron chi connectivity index (χ0n) is 34.3. The van der Waals surface area contributed by atoms with Gasteiger partial charge >= 0.3 is 17.9 Å². The summed E-state index contributed by atoms with van der Waals surface area (Å²) in [7, 11) is 1.88. The van der Waals surface area contributed by atoms with Crippen molar-refractivity contribution < 1.29 is 33.8 Å². The first-order chi connectivity index (χ1) is 25.1. The van der Waals surface area contributed by atoms with E-state index >= 15 is 0 Å². The lowest BCUT2D eigenvalue weighted by Gasteiger charge is -2.72. The second-order valence-electron chi connectivity index (χ2n) is 20.0. The number of ketones is 1. The van der Waals surface area contributed by atoms with Crippen LogP contribution < -0.4 is 5.32 Å². The summed E-state index contributed by atoms with van der Waals surface area (Å²) in [6.07, 6.45) is 7.04. The van der Waals surface area contributed by atoms with Crippen LogP contribution in [0.2, 0.25) is 5.02 Å². The summed E-state index contributed by atoms with van der Waals surface area (Å²) in [5.74, 6) is -0.552. The number of nitrogens with one attached hydrogen (secondary N) is 1. The first-order valence-electron chi connectivity index (χ1n) is 20.4. The number of hydrogen-bond acceptors (Lipinski definition) is 7. The molecule has 0 bridgehead atoms. The number of carbonyl (C=O) groups excluding carboxylic acids is 3. The van der Waals surface area contributed by atoms with Crippen molar-refractivity contribution in [1.29, 1.82) is 0 Å². The van der Waals surface area contributed by atoms with Gasteiger partial charge in [0.15, 0.2) is 5.78 Å². The van der Waals surface area contributed by atoms with Crippen LogP contribution in [0.4, 0.5) is 0 Å². The van der Waals surface area contributed by atoms with E-state index in [1.54, 1.807) is 38.1 Å². The molecule has 0 aliphatic heterocycles. The largest absolute Gasteiger partial charge is 0.481 e. The number of ether oxygens (including phenoxy) is 2. The van der Waals surface area contributed by atoms with Gasteiger partial charge in [0, 0.05) is 28.8 Å². The molecular formula is C45H64ClNO7. The number of hydrogen-bond donors (Lipinski definition) is 2. The lowest BCUT2D eigenvalue weighted by Crippen LogP contribution is -2.66. The zero-order valence-corrected chi connectivity index (χ0v) is 35.1. The van der Waals surface area contributed by atoms with E-state index in [9.17, 15) is 24.3 Å². The third-order valence-electron chi connectivity index (χ3n) is 16.2. The minimum atomic E-state index is -1.18. The number of likely N-dealkylation sites (N-methyl/N-ethyl adjacent to an activating group) is 1. The maximum atomic E-state index is 14.3. The molecule has 8 nitrogen and oxygen atoms in total. The molecule has 9 atom stereocenters. The van der Waals surface area contributed by atoms with Crippen LogP contribution in [-0.4, -0.2) is 54.6 Å². The number of carboxylic acid groups (broad SMARTS) is 1. The lowest BCUT2D eigenvalue weighted by molar-refractivity contribution is -0.235. The number of rotatable bonds is 10. The minimum absolute atomic E-state index is 0.0116. The van der Waals surface area contributed by atoms with Crippen molar-refractivity contribution in [3.05, 3.63) is 46.0 Å². The summed E-state index contributed by atoms with van der Waals surface area (Å²) in [5, 5.41) is 13.5. The van der Waals surface area contributed by atoms with Crippen LogP contribution in [0.1, 0.15) is 137 Å². The molecule has 0 unspecified atom stereocenters. The molecule has 0 spiro atoms. The molecule has 298 valence electrons. The van der Waals surface area contributed by atoms with Gasteiger partial charge < -0.3 is 19.9 Å². The molecule has 4 saturated carbocycles. The van der Waals surface area contributed by atoms with Crippen LogP contribution in [0.3, 0.4) is 0 Å². The first kappa shape index (κ1) is 40.9. The standard InChI is InChI=1S/C45H64ClNO7/c1-26(2)36-30(48)23-45(34(25-47-10)54-38(50)27-11-13-28(46)14-12-27)22-21-43(8)29(37(36)45)15-16-32-42(7)19-18-33(53-35(49)24-40(3,4)39(51)52)41(5,6)31(42)17-20-44(32,43)9/h11-14,26,29,31-34,47H,15-25H2,1-10H3,(H,51,52)/t29-,31+,32-,33+,34-,42+,43-,44-,45+/m1/s1. The van der Waals surface area contributed by atoms with Gasteiger partial charge in [-0.05, 0) is 148 Å². The molecule has 9 heteroatoms. The summed E-state index contributed by atoms with van der Waals surface area (Å²) in [6.45, 7) is 20.0. The van der Waals surface area contributed by atoms with Crippen molar-refractivity contribution in [2.45, 2.75) is 139 Å². The molecule has 0 amide bonds. The van der Waals surface area contributed by atoms with Gasteiger partial charge in [0.25, 0.3) is 0 Å². The fourth-order valence-electron chi connectivity index (χ4n) is 13.2. The van der Waals surface area contributed by atoms with Crippen LogP contribution in [0.15, 0.2) is 35.4 Å². The molecule has 6 rings (SSSR count). The molecule has 1 aromatic carbocycles. The number of fused-ring (bicyclic) bond motifs is 7. The van der Waals surface area contributed by atoms with E-state index in [-0.39, 0.29) is 51.8 Å². The molecule has 4 fully saturated rings. The molecule has 5 aliphatic carbocycles. The van der Waals surface area contributed by atoms with Gasteiger partial charge in [-0.25, -0.2) is 4.79 Å². The molecule has 0 aromatic heterocycles. The molecule has 0 saturated heterocycles. The van der Waals surface area contributed by atoms with Crippen molar-refractivity contribution in [3.63, 3.8) is 0 Å². The number of carboxylic acids is 1. The lowest BCUT2D eigenvalue weighted by atomic mass is 9.33. The number of Topliss-reactive ketones (excluding diaryl/α,β-unsaturated/α-hetero) is 1. The Bertz CT molecular complexity index is 1710. The van der Waals surface area contributed by atoms with Crippen LogP contribution >= 0.6 is 11.6 Å². The van der Waals surface area contributed by atoms with Gasteiger partial charge in [-0.2, -0.15) is 0 Å². The Labute approximate surface area is 327 Å². The highest BCUT2D eigenvalue weighted by Gasteiger charge is 2.71. The van der Waals surface area contributed by atoms with E-state index in [0.29, 0.717) is 35.4 Å². The summed E-state index contributed by atoms with van der Waals surface area (Å²) in [6, 6.07) is 6.80. The Kier molecular flexibility index (Phi) is 10.6. The van der Waals surface area contributed by atoms with E-state index in [4.69, 9.17) is 21.1 Å². The fraction of sp³-hybridized carbons (Fsp3) is 0.733. The van der Waals surface area contributed by atoms with E-state index in [1.807, 2.05) is 7.05 Å². The zero-order chi connectivity index (χ0) is 39.8. The van der Waals surface area contributed by atoms with E-state index in [0.717, 1.165) is 56.9 Å². The Balaban J connectivity index is 1.32. The highest BCUT2D eigenvalue weighted by Crippen LogP contribution is 2.77. The minimum Gasteiger partial charge on any atom is -0.481 e. The second-order valence-corrected chi connectivity index (χ2v) is 20.5. The number of halogens is 1. The van der Waals surface area contributed by atoms with E-state index in [2.05, 4.69) is 53.8 Å². The Morgan fingerprint density at radius 3 is 2.20 bits per heavy atom. The number of carbonyl (C=O) groups is 4. The average Bonchev–Trinajstić information content (AvgIpc) is 3.39. The molecule has 0 radical (unpaired) electrons. The predicted molar refractivity (Wildman–Crippen MR) is 210 cm³/mol. The monoisotopic (exact) mass is 765 g/mol. The average molecular weight is 766 g/mol. The summed E-state index contributed by atoms with van der Waals surface area (Å²) in [5.41, 5.74) is 0.663. The fourth-order valence-corrected chi connectivity index (χ4v) is 13.3. The Morgan fingerprint density at radius 2 is 1.59 bits per heavy atom. The number of allylic oxidation sites excluding steroid dienone is 1. The highest BCUT2D eigenvalue weighted by molar-refractivity contribution is 6.30. The quantitative estimate of drug-likeness (QED) is 0.226. The Morgan fingerprint density at radius 1 is 0.926 bits per heavy atom. The third-order valence-corrected chi connectivity index (χ3v) is 16.4. The predicted octanol–water partition coefficient (Wildman–Crippen LogP) is 9.48. The van der Waals surface area contributed by atoms with Crippen molar-refractivity contribution in [2.24, 2.45) is 56.2 Å². The molecule has 2 N–H and O–H groups in total. The van der Waals surface area contributed by atoms with Gasteiger partial charge in [-0.3, -0.25) is 14.4 Å².